The first-order valence-electron chi connectivity index (χ1n) is 8.78. The summed E-state index contributed by atoms with van der Waals surface area (Å²) in [5.41, 5.74) is 0. The Morgan fingerprint density at radius 1 is 0.895 bits per heavy atom. The highest BCUT2D eigenvalue weighted by Crippen LogP contribution is 2.30. The first-order chi connectivity index (χ1) is 9.33. The molecule has 0 aromatic heterocycles. The second kappa shape index (κ2) is 8.26. The second-order valence-electron chi connectivity index (χ2n) is 6.72. The lowest BCUT2D eigenvalue weighted by molar-refractivity contribution is 0.120. The quantitative estimate of drug-likeness (QED) is 0.764. The molecule has 2 heteroatoms. The molecule has 2 atom stereocenters. The van der Waals surface area contributed by atoms with Crippen LogP contribution in [0.2, 0.25) is 0 Å². The van der Waals surface area contributed by atoms with Crippen LogP contribution in [0.3, 0.4) is 0 Å². The molecule has 0 radical (unpaired) electrons. The molecule has 112 valence electrons. The number of nitrogens with one attached hydrogen (secondary N) is 1. The number of rotatable bonds is 5. The second-order valence-corrected chi connectivity index (χ2v) is 6.72. The normalized spacial score (nSPS) is 31.3. The summed E-state index contributed by atoms with van der Waals surface area (Å²) in [5.74, 6) is 1.96. The number of likely N-dealkylation sites (tertiary alicyclic amines) is 1. The van der Waals surface area contributed by atoms with Gasteiger partial charge in [-0.15, -0.1) is 0 Å². The van der Waals surface area contributed by atoms with Gasteiger partial charge in [0.1, 0.15) is 0 Å². The van der Waals surface area contributed by atoms with Gasteiger partial charge in [0, 0.05) is 6.04 Å². The van der Waals surface area contributed by atoms with Gasteiger partial charge in [0.2, 0.25) is 0 Å². The Bertz CT molecular complexity index is 233. The van der Waals surface area contributed by atoms with E-state index in [2.05, 4.69) is 24.1 Å². The van der Waals surface area contributed by atoms with E-state index in [0.29, 0.717) is 0 Å². The van der Waals surface area contributed by atoms with Gasteiger partial charge < -0.3 is 10.2 Å². The van der Waals surface area contributed by atoms with Gasteiger partial charge in [-0.2, -0.15) is 0 Å². The molecule has 0 amide bonds. The summed E-state index contributed by atoms with van der Waals surface area (Å²) >= 11 is 0. The predicted molar refractivity (Wildman–Crippen MR) is 83.5 cm³/mol. The monoisotopic (exact) mass is 266 g/mol. The molecule has 1 saturated carbocycles. The van der Waals surface area contributed by atoms with Crippen LogP contribution in [-0.4, -0.2) is 37.1 Å². The summed E-state index contributed by atoms with van der Waals surface area (Å²) in [5, 5.41) is 3.52. The molecule has 2 fully saturated rings. The van der Waals surface area contributed by atoms with Gasteiger partial charge in [0.05, 0.1) is 0 Å². The van der Waals surface area contributed by atoms with Gasteiger partial charge in [0.15, 0.2) is 0 Å². The summed E-state index contributed by atoms with van der Waals surface area (Å²) in [6, 6.07) is 0.914. The fourth-order valence-corrected chi connectivity index (χ4v) is 4.00. The minimum Gasteiger partial charge on any atom is -0.317 e. The van der Waals surface area contributed by atoms with Crippen LogP contribution in [0.15, 0.2) is 0 Å². The van der Waals surface area contributed by atoms with Crippen molar-refractivity contribution in [3.05, 3.63) is 0 Å². The van der Waals surface area contributed by atoms with E-state index in [4.69, 9.17) is 0 Å². The Morgan fingerprint density at radius 3 is 2.37 bits per heavy atom. The Morgan fingerprint density at radius 2 is 1.68 bits per heavy atom. The molecule has 1 heterocycles. The minimum atomic E-state index is 0.914. The van der Waals surface area contributed by atoms with E-state index in [9.17, 15) is 0 Å². The minimum absolute atomic E-state index is 0.914. The zero-order chi connectivity index (χ0) is 13.5. The van der Waals surface area contributed by atoms with Gasteiger partial charge in [0.25, 0.3) is 0 Å². The molecule has 19 heavy (non-hydrogen) atoms. The SMILES string of the molecule is CCNCC1CCN(C2CCCC(CC)CC2)CC1. The van der Waals surface area contributed by atoms with Crippen molar-refractivity contribution in [1.29, 1.82) is 0 Å². The highest BCUT2D eigenvalue weighted by Gasteiger charge is 2.26. The predicted octanol–water partition coefficient (Wildman–Crippen LogP) is 3.67. The van der Waals surface area contributed by atoms with Gasteiger partial charge in [-0.25, -0.2) is 0 Å². The van der Waals surface area contributed by atoms with Crippen LogP contribution >= 0.6 is 0 Å². The zero-order valence-corrected chi connectivity index (χ0v) is 13.2. The lowest BCUT2D eigenvalue weighted by Crippen LogP contribution is -2.43. The molecule has 0 aromatic carbocycles. The number of nitrogens with zero attached hydrogens (tertiary/aromatic N) is 1. The van der Waals surface area contributed by atoms with Crippen molar-refractivity contribution < 1.29 is 0 Å². The number of hydrogen-bond acceptors (Lipinski definition) is 2. The third kappa shape index (κ3) is 4.75. The maximum Gasteiger partial charge on any atom is 0.00953 e. The van der Waals surface area contributed by atoms with Crippen LogP contribution in [0.4, 0.5) is 0 Å². The van der Waals surface area contributed by atoms with Crippen LogP contribution in [0.1, 0.15) is 65.2 Å². The van der Waals surface area contributed by atoms with Crippen molar-refractivity contribution in [3.63, 3.8) is 0 Å². The largest absolute Gasteiger partial charge is 0.317 e. The van der Waals surface area contributed by atoms with Crippen LogP contribution in [0.5, 0.6) is 0 Å². The van der Waals surface area contributed by atoms with Crippen molar-refractivity contribution in [2.45, 2.75) is 71.3 Å². The van der Waals surface area contributed by atoms with Crippen molar-refractivity contribution in [2.75, 3.05) is 26.2 Å². The van der Waals surface area contributed by atoms with Crippen LogP contribution in [0, 0.1) is 11.8 Å². The first-order valence-corrected chi connectivity index (χ1v) is 8.78. The first kappa shape index (κ1) is 15.3. The van der Waals surface area contributed by atoms with Crippen molar-refractivity contribution in [3.8, 4) is 0 Å². The number of piperidine rings is 1. The van der Waals surface area contributed by atoms with Gasteiger partial charge >= 0.3 is 0 Å². The van der Waals surface area contributed by atoms with E-state index >= 15 is 0 Å². The molecule has 2 aliphatic rings. The van der Waals surface area contributed by atoms with E-state index < -0.39 is 0 Å². The molecule has 2 nitrogen and oxygen atoms in total. The number of hydrogen-bond donors (Lipinski definition) is 1. The summed E-state index contributed by atoms with van der Waals surface area (Å²) in [6.45, 7) is 9.67. The van der Waals surface area contributed by atoms with Crippen molar-refractivity contribution in [2.24, 2.45) is 11.8 Å². The van der Waals surface area contributed by atoms with E-state index in [1.807, 2.05) is 0 Å². The third-order valence-electron chi connectivity index (χ3n) is 5.48. The zero-order valence-electron chi connectivity index (χ0n) is 13.2. The van der Waals surface area contributed by atoms with Gasteiger partial charge in [-0.3, -0.25) is 0 Å². The lowest BCUT2D eigenvalue weighted by Gasteiger charge is -2.37. The topological polar surface area (TPSA) is 15.3 Å². The molecule has 2 rings (SSSR count). The van der Waals surface area contributed by atoms with Gasteiger partial charge in [-0.05, 0) is 70.1 Å². The summed E-state index contributed by atoms with van der Waals surface area (Å²) < 4.78 is 0. The Labute approximate surface area is 120 Å². The van der Waals surface area contributed by atoms with Gasteiger partial charge in [-0.1, -0.05) is 33.1 Å². The smallest absolute Gasteiger partial charge is 0.00953 e. The lowest BCUT2D eigenvalue weighted by atomic mass is 9.94. The average Bonchev–Trinajstić information content (AvgIpc) is 2.71. The highest BCUT2D eigenvalue weighted by atomic mass is 15.2. The maximum absolute atomic E-state index is 3.52. The van der Waals surface area contributed by atoms with Crippen molar-refractivity contribution in [1.82, 2.24) is 10.2 Å². The van der Waals surface area contributed by atoms with Crippen LogP contribution in [-0.2, 0) is 0 Å². The molecular formula is C17H34N2. The van der Waals surface area contributed by atoms with E-state index in [-0.39, 0.29) is 0 Å². The Balaban J connectivity index is 1.71. The standard InChI is InChI=1S/C17H34N2/c1-3-15-6-5-7-17(9-8-15)19-12-10-16(11-13-19)14-18-4-2/h15-18H,3-14H2,1-2H3. The van der Waals surface area contributed by atoms with E-state index in [0.717, 1.165) is 24.4 Å². The van der Waals surface area contributed by atoms with Crippen LogP contribution < -0.4 is 5.32 Å². The molecule has 0 bridgehead atoms. The fourth-order valence-electron chi connectivity index (χ4n) is 4.00. The van der Waals surface area contributed by atoms with Crippen molar-refractivity contribution >= 4 is 0 Å². The highest BCUT2D eigenvalue weighted by molar-refractivity contribution is 4.82. The summed E-state index contributed by atoms with van der Waals surface area (Å²) in [7, 11) is 0. The Kier molecular flexibility index (Phi) is 6.66. The maximum atomic E-state index is 3.52. The molecule has 0 spiro atoms. The summed E-state index contributed by atoms with van der Waals surface area (Å²) in [6.07, 6.45) is 11.6. The average molecular weight is 266 g/mol. The van der Waals surface area contributed by atoms with Crippen LogP contribution in [0.25, 0.3) is 0 Å². The molecule has 0 aromatic rings. The third-order valence-corrected chi connectivity index (χ3v) is 5.48. The fraction of sp³-hybridized carbons (Fsp3) is 1.00. The summed E-state index contributed by atoms with van der Waals surface area (Å²) in [4.78, 5) is 2.82. The molecule has 1 saturated heterocycles. The molecule has 2 unspecified atom stereocenters. The molecule has 1 aliphatic heterocycles. The van der Waals surface area contributed by atoms with E-state index in [1.54, 1.807) is 0 Å². The molecule has 1 aliphatic carbocycles. The molecule has 1 N–H and O–H groups in total. The molecular weight excluding hydrogens is 232 g/mol. The Hall–Kier alpha value is -0.0800. The van der Waals surface area contributed by atoms with E-state index in [1.165, 1.54) is 71.0 Å².